The molecule has 11 nitrogen and oxygen atoms in total. The molecule has 0 amide bonds. The van der Waals surface area contributed by atoms with Gasteiger partial charge in [0.2, 0.25) is 0 Å². The summed E-state index contributed by atoms with van der Waals surface area (Å²) in [4.78, 5) is 4.41. The van der Waals surface area contributed by atoms with Crippen molar-refractivity contribution in [1.82, 2.24) is 14.4 Å². The van der Waals surface area contributed by atoms with Crippen LogP contribution in [0.3, 0.4) is 0 Å². The second kappa shape index (κ2) is 14.3. The zero-order chi connectivity index (χ0) is 25.8. The minimum absolute atomic E-state index is 0.0289. The van der Waals surface area contributed by atoms with Crippen LogP contribution in [0, 0.1) is 6.92 Å². The van der Waals surface area contributed by atoms with Crippen LogP contribution in [0.2, 0.25) is 0 Å². The van der Waals surface area contributed by atoms with Gasteiger partial charge < -0.3 is 9.80 Å². The molecule has 0 aliphatic carbocycles. The lowest BCUT2D eigenvalue weighted by molar-refractivity contribution is -0.677. The van der Waals surface area contributed by atoms with Gasteiger partial charge in [-0.15, -0.1) is 0 Å². The van der Waals surface area contributed by atoms with E-state index in [-0.39, 0.29) is 6.61 Å². The van der Waals surface area contributed by atoms with Crippen LogP contribution in [-0.2, 0) is 38.3 Å². The first kappa shape index (κ1) is 32.3. The van der Waals surface area contributed by atoms with Crippen LogP contribution in [-0.4, -0.2) is 72.7 Å². The Bertz CT molecular complexity index is 901. The molecule has 2 heterocycles. The summed E-state index contributed by atoms with van der Waals surface area (Å²) in [6, 6.07) is 0. The third-order valence-electron chi connectivity index (χ3n) is 3.64. The Morgan fingerprint density at radius 1 is 1.09 bits per heavy atom. The van der Waals surface area contributed by atoms with Crippen molar-refractivity contribution in [2.24, 2.45) is 7.05 Å². The second-order valence-corrected chi connectivity index (χ2v) is 8.60. The molecule has 0 radical (unpaired) electrons. The summed E-state index contributed by atoms with van der Waals surface area (Å²) in [5.74, 6) is 1.30. The molecule has 32 heavy (non-hydrogen) atoms. The third-order valence-corrected chi connectivity index (χ3v) is 4.76. The van der Waals surface area contributed by atoms with Gasteiger partial charge in [-0.05, 0) is 20.8 Å². The normalized spacial score (nSPS) is 13.5. The molecule has 0 saturated carbocycles. The van der Waals surface area contributed by atoms with Gasteiger partial charge in [-0.25, -0.2) is 13.3 Å². The van der Waals surface area contributed by atoms with Crippen molar-refractivity contribution in [3.8, 4) is 0 Å². The molecule has 0 bridgehead atoms. The summed E-state index contributed by atoms with van der Waals surface area (Å²) < 4.78 is 92.5. The van der Waals surface area contributed by atoms with E-state index in [4.69, 9.17) is 17.5 Å². The van der Waals surface area contributed by atoms with E-state index in [9.17, 15) is 21.6 Å². The lowest BCUT2D eigenvalue weighted by Crippen LogP contribution is -2.29. The van der Waals surface area contributed by atoms with E-state index in [1.165, 1.54) is 12.7 Å². The van der Waals surface area contributed by atoms with E-state index in [1.807, 2.05) is 0 Å². The largest absolute Gasteiger partial charge is 0.522 e. The molecule has 190 valence electrons. The summed E-state index contributed by atoms with van der Waals surface area (Å²) in [6.45, 7) is 11.1. The second-order valence-electron chi connectivity index (χ2n) is 6.10. The molecule has 1 aromatic heterocycles. The molecule has 2 N–H and O–H groups in total. The molecule has 0 atom stereocenters. The monoisotopic (exact) mass is 513 g/mol. The maximum Gasteiger partial charge on any atom is 0.522 e. The summed E-state index contributed by atoms with van der Waals surface area (Å²) in [5.41, 5.74) is -5.53. The number of aryl methyl sites for hydroxylation is 2. The number of nitrogens with zero attached hydrogens (tertiary/aromatic N) is 4. The molecule has 16 heteroatoms. The molecule has 1 aliphatic rings. The fourth-order valence-electron chi connectivity index (χ4n) is 1.88. The van der Waals surface area contributed by atoms with Crippen molar-refractivity contribution in [1.29, 1.82) is 0 Å². The molecule has 0 aromatic carbocycles. The minimum atomic E-state index is -5.84. The first-order valence-electron chi connectivity index (χ1n) is 9.19. The van der Waals surface area contributed by atoms with Gasteiger partial charge in [0.25, 0.3) is 5.82 Å². The van der Waals surface area contributed by atoms with Crippen LogP contribution in [0.1, 0.15) is 26.6 Å². The Morgan fingerprint density at radius 3 is 1.72 bits per heavy atom. The number of aromatic nitrogens is 2. The number of alkyl halides is 3. The zero-order valence-electron chi connectivity index (χ0n) is 18.8. The van der Waals surface area contributed by atoms with E-state index in [0.717, 1.165) is 19.8 Å². The molecule has 0 fully saturated rings. The Morgan fingerprint density at radius 2 is 1.59 bits per heavy atom. The van der Waals surface area contributed by atoms with Crippen molar-refractivity contribution in [3.05, 3.63) is 30.6 Å². The summed E-state index contributed by atoms with van der Waals surface area (Å²) in [6.07, 6.45) is 8.36. The first-order chi connectivity index (χ1) is 14.4. The van der Waals surface area contributed by atoms with E-state index in [2.05, 4.69) is 82.8 Å². The lowest BCUT2D eigenvalue weighted by atomic mass is 10.6. The van der Waals surface area contributed by atoms with Gasteiger partial charge in [0, 0.05) is 32.9 Å². The van der Waals surface area contributed by atoms with Crippen LogP contribution in [0.4, 0.5) is 13.2 Å². The summed E-state index contributed by atoms with van der Waals surface area (Å²) in [5, 5.41) is 0. The van der Waals surface area contributed by atoms with Crippen molar-refractivity contribution >= 4 is 20.5 Å². The number of rotatable bonds is 4. The van der Waals surface area contributed by atoms with Crippen LogP contribution in [0.25, 0.3) is 0 Å². The van der Waals surface area contributed by atoms with Crippen molar-refractivity contribution in [3.63, 3.8) is 0 Å². The Balaban J connectivity index is 0. The maximum absolute atomic E-state index is 10.7. The molecule has 1 aliphatic heterocycles. The maximum atomic E-state index is 10.7. The highest BCUT2D eigenvalue weighted by atomic mass is 32.3. The predicted octanol–water partition coefficient (Wildman–Crippen LogP) is 1.54. The van der Waals surface area contributed by atoms with Crippen LogP contribution in [0.5, 0.6) is 0 Å². The smallest absolute Gasteiger partial charge is 0.362 e. The summed E-state index contributed by atoms with van der Waals surface area (Å²) in [7, 11) is -5.88. The van der Waals surface area contributed by atoms with Gasteiger partial charge >= 0.3 is 26.0 Å². The molecular formula is C16H32F3N4O7S2+. The molecule has 2 rings (SSSR count). The quantitative estimate of drug-likeness (QED) is 0.349. The van der Waals surface area contributed by atoms with E-state index >= 15 is 0 Å². The highest BCUT2D eigenvalue weighted by Gasteiger charge is 2.44. The van der Waals surface area contributed by atoms with Crippen molar-refractivity contribution in [2.45, 2.75) is 39.7 Å². The highest BCUT2D eigenvalue weighted by Crippen LogP contribution is 2.20. The van der Waals surface area contributed by atoms with Gasteiger partial charge in [-0.2, -0.15) is 30.0 Å². The average Bonchev–Trinajstić information content (AvgIpc) is 3.19. The Hall–Kier alpha value is -1.88. The number of halogens is 3. The van der Waals surface area contributed by atoms with E-state index in [1.54, 1.807) is 0 Å². The molecule has 0 spiro atoms. The van der Waals surface area contributed by atoms with Gasteiger partial charge in [0.15, 0.2) is 0 Å². The molecule has 0 saturated heterocycles. The molecular weight excluding hydrogens is 481 g/mol. The summed E-state index contributed by atoms with van der Waals surface area (Å²) >= 11 is 0. The SMILES string of the molecule is CCN1C=CN(C)C1.CCOS(=O)(=O)O.CCn1cc[n+](C)c1C.O=S(=O)(O)C(F)(F)F. The van der Waals surface area contributed by atoms with Crippen LogP contribution >= 0.6 is 0 Å². The van der Waals surface area contributed by atoms with E-state index < -0.39 is 26.0 Å². The predicted molar refractivity (Wildman–Crippen MR) is 111 cm³/mol. The number of hydrogen-bond donors (Lipinski definition) is 2. The fraction of sp³-hybridized carbons (Fsp3) is 0.688. The highest BCUT2D eigenvalue weighted by molar-refractivity contribution is 7.86. The Labute approximate surface area is 187 Å². The molecule has 0 unspecified atom stereocenters. The van der Waals surface area contributed by atoms with Crippen LogP contribution < -0.4 is 4.57 Å². The first-order valence-corrected chi connectivity index (χ1v) is 12.0. The number of imidazole rings is 1. The third kappa shape index (κ3) is 15.0. The fourth-order valence-corrected chi connectivity index (χ4v) is 2.17. The zero-order valence-corrected chi connectivity index (χ0v) is 20.4. The minimum Gasteiger partial charge on any atom is -0.362 e. The average molecular weight is 514 g/mol. The number of hydrogen-bond acceptors (Lipinski definition) is 7. The standard InChI is InChI=1S/C7H13N2.C6H12N2.C2H6O4S.CHF3O3S/c1-4-9-6-5-8(3)7(9)2;1-3-8-5-4-7(2)6-8;1-2-6-7(3,4)5;2-1(3,4)8(5,6)7/h5-6H,4H2,1-3H3;4-5H,3,6H2,1-2H3;2H2,1H3,(H,3,4,5);(H,5,6,7)/q+1;;;. The topological polar surface area (TPSA) is 133 Å². The van der Waals surface area contributed by atoms with E-state index in [0.29, 0.717) is 0 Å². The van der Waals surface area contributed by atoms with Gasteiger partial charge in [-0.1, -0.05) is 0 Å². The van der Waals surface area contributed by atoms with Gasteiger partial charge in [0.05, 0.1) is 26.9 Å². The molecule has 1 aromatic rings. The van der Waals surface area contributed by atoms with Gasteiger partial charge in [0.1, 0.15) is 12.4 Å². The lowest BCUT2D eigenvalue weighted by Gasteiger charge is -2.14. The van der Waals surface area contributed by atoms with Crippen LogP contribution in [0.15, 0.2) is 24.8 Å². The van der Waals surface area contributed by atoms with Crippen molar-refractivity contribution < 1.29 is 47.9 Å². The van der Waals surface area contributed by atoms with Gasteiger partial charge in [-0.3, -0.25) is 9.11 Å². The Kier molecular flexibility index (Phi) is 14.4. The van der Waals surface area contributed by atoms with Crippen molar-refractivity contribution in [2.75, 3.05) is 26.9 Å².